The van der Waals surface area contributed by atoms with E-state index in [4.69, 9.17) is 18.6 Å². The van der Waals surface area contributed by atoms with E-state index in [0.29, 0.717) is 12.2 Å². The van der Waals surface area contributed by atoms with Gasteiger partial charge in [0.25, 0.3) is 0 Å². The van der Waals surface area contributed by atoms with Crippen LogP contribution in [0.5, 0.6) is 0 Å². The molecule has 5 nitrogen and oxygen atoms in total. The SMILES string of the molecule is COC(=O)C1=C2CCCC2C(OC)(O[Si](C)(C)C)C(OC)=CC1. The van der Waals surface area contributed by atoms with E-state index in [1.807, 2.05) is 6.08 Å². The summed E-state index contributed by atoms with van der Waals surface area (Å²) in [6.45, 7) is 6.39. The Labute approximate surface area is 139 Å². The maximum atomic E-state index is 12.2. The Kier molecular flexibility index (Phi) is 5.38. The molecule has 0 aromatic heterocycles. The predicted molar refractivity (Wildman–Crippen MR) is 90.3 cm³/mol. The van der Waals surface area contributed by atoms with Crippen molar-refractivity contribution in [1.29, 1.82) is 0 Å². The molecule has 0 heterocycles. The summed E-state index contributed by atoms with van der Waals surface area (Å²) in [5, 5.41) is 0. The lowest BCUT2D eigenvalue weighted by atomic mass is 9.90. The van der Waals surface area contributed by atoms with Gasteiger partial charge in [-0.25, -0.2) is 4.79 Å². The molecule has 0 saturated heterocycles. The van der Waals surface area contributed by atoms with E-state index in [-0.39, 0.29) is 11.9 Å². The van der Waals surface area contributed by atoms with Crippen LogP contribution in [0.2, 0.25) is 19.6 Å². The summed E-state index contributed by atoms with van der Waals surface area (Å²) in [4.78, 5) is 12.2. The first-order valence-corrected chi connectivity index (χ1v) is 11.5. The zero-order valence-electron chi connectivity index (χ0n) is 15.0. The molecule has 1 saturated carbocycles. The average molecular weight is 340 g/mol. The second kappa shape index (κ2) is 6.79. The Morgan fingerprint density at radius 3 is 2.48 bits per heavy atom. The van der Waals surface area contributed by atoms with Gasteiger partial charge in [-0.05, 0) is 45.0 Å². The number of ether oxygens (including phenoxy) is 3. The summed E-state index contributed by atoms with van der Waals surface area (Å²) < 4.78 is 23.1. The fraction of sp³-hybridized carbons (Fsp3) is 0.706. The number of methoxy groups -OCH3 is 3. The van der Waals surface area contributed by atoms with E-state index in [0.717, 1.165) is 30.4 Å². The lowest BCUT2D eigenvalue weighted by Crippen LogP contribution is -2.51. The number of hydrogen-bond acceptors (Lipinski definition) is 5. The quantitative estimate of drug-likeness (QED) is 0.436. The number of rotatable bonds is 5. The minimum atomic E-state index is -1.92. The van der Waals surface area contributed by atoms with E-state index >= 15 is 0 Å². The van der Waals surface area contributed by atoms with Gasteiger partial charge in [-0.3, -0.25) is 0 Å². The maximum Gasteiger partial charge on any atom is 0.334 e. The largest absolute Gasteiger partial charge is 0.496 e. The molecule has 6 heteroatoms. The van der Waals surface area contributed by atoms with E-state index in [9.17, 15) is 4.79 Å². The minimum absolute atomic E-state index is 0.0120. The van der Waals surface area contributed by atoms with Crippen molar-refractivity contribution in [3.63, 3.8) is 0 Å². The van der Waals surface area contributed by atoms with E-state index in [2.05, 4.69) is 19.6 Å². The highest BCUT2D eigenvalue weighted by molar-refractivity contribution is 6.69. The fourth-order valence-electron chi connectivity index (χ4n) is 3.69. The third-order valence-electron chi connectivity index (χ3n) is 4.45. The van der Waals surface area contributed by atoms with Crippen LogP contribution in [0.25, 0.3) is 0 Å². The summed E-state index contributed by atoms with van der Waals surface area (Å²) in [5.41, 5.74) is 1.82. The van der Waals surface area contributed by atoms with Crippen LogP contribution in [0, 0.1) is 5.92 Å². The van der Waals surface area contributed by atoms with Gasteiger partial charge >= 0.3 is 5.97 Å². The second-order valence-electron chi connectivity index (χ2n) is 7.00. The first-order chi connectivity index (χ1) is 10.8. The van der Waals surface area contributed by atoms with Crippen molar-refractivity contribution in [3.8, 4) is 0 Å². The lowest BCUT2D eigenvalue weighted by molar-refractivity contribution is -0.191. The van der Waals surface area contributed by atoms with Crippen molar-refractivity contribution < 1.29 is 23.4 Å². The molecule has 0 aromatic carbocycles. The number of fused-ring (bicyclic) bond motifs is 1. The normalized spacial score (nSPS) is 28.1. The summed E-state index contributed by atoms with van der Waals surface area (Å²) in [7, 11) is 2.79. The standard InChI is InChI=1S/C17H28O5Si/c1-19-15-11-10-13(16(18)20-2)12-8-7-9-14(12)17(15,21-3)22-23(4,5)6/h11,14H,7-10H2,1-6H3. The van der Waals surface area contributed by atoms with Gasteiger partial charge in [0, 0.05) is 25.0 Å². The Bertz CT molecular complexity index is 532. The van der Waals surface area contributed by atoms with Gasteiger partial charge in [0.2, 0.25) is 5.79 Å². The van der Waals surface area contributed by atoms with Crippen LogP contribution in [-0.2, 0) is 23.4 Å². The molecule has 2 aliphatic rings. The molecule has 2 rings (SSSR count). The predicted octanol–water partition coefficient (Wildman–Crippen LogP) is 3.38. The average Bonchev–Trinajstić information content (AvgIpc) is 2.93. The van der Waals surface area contributed by atoms with Crippen molar-refractivity contribution in [2.24, 2.45) is 5.92 Å². The van der Waals surface area contributed by atoms with Crippen LogP contribution in [0.3, 0.4) is 0 Å². The van der Waals surface area contributed by atoms with Crippen LogP contribution in [0.15, 0.2) is 23.0 Å². The molecule has 0 aromatic rings. The van der Waals surface area contributed by atoms with Crippen LogP contribution in [0.1, 0.15) is 25.7 Å². The van der Waals surface area contributed by atoms with Crippen molar-refractivity contribution in [3.05, 3.63) is 23.0 Å². The molecule has 1 fully saturated rings. The second-order valence-corrected chi connectivity index (χ2v) is 11.4. The number of carbonyl (C=O) groups is 1. The first kappa shape index (κ1) is 18.2. The Balaban J connectivity index is 2.59. The molecular weight excluding hydrogens is 312 g/mol. The van der Waals surface area contributed by atoms with Crippen LogP contribution in [0.4, 0.5) is 0 Å². The summed E-state index contributed by atoms with van der Waals surface area (Å²) in [5.74, 6) is -0.563. The minimum Gasteiger partial charge on any atom is -0.496 e. The molecular formula is C17H28O5Si. The highest BCUT2D eigenvalue weighted by Gasteiger charge is 2.52. The molecule has 2 atom stereocenters. The van der Waals surface area contributed by atoms with E-state index < -0.39 is 14.1 Å². The van der Waals surface area contributed by atoms with Gasteiger partial charge in [-0.2, -0.15) is 0 Å². The zero-order chi connectivity index (χ0) is 17.3. The third-order valence-corrected chi connectivity index (χ3v) is 5.37. The maximum absolute atomic E-state index is 12.2. The molecule has 0 aliphatic heterocycles. The zero-order valence-corrected chi connectivity index (χ0v) is 16.0. The van der Waals surface area contributed by atoms with Crippen molar-refractivity contribution in [1.82, 2.24) is 0 Å². The van der Waals surface area contributed by atoms with Gasteiger partial charge in [0.1, 0.15) is 0 Å². The van der Waals surface area contributed by atoms with Crippen molar-refractivity contribution >= 4 is 14.3 Å². The molecule has 0 radical (unpaired) electrons. The molecule has 2 aliphatic carbocycles. The molecule has 23 heavy (non-hydrogen) atoms. The van der Waals surface area contributed by atoms with Crippen LogP contribution >= 0.6 is 0 Å². The number of esters is 1. The smallest absolute Gasteiger partial charge is 0.334 e. The monoisotopic (exact) mass is 340 g/mol. The van der Waals surface area contributed by atoms with Gasteiger partial charge in [-0.15, -0.1) is 0 Å². The summed E-state index contributed by atoms with van der Waals surface area (Å²) in [6, 6.07) is 0. The van der Waals surface area contributed by atoms with Crippen LogP contribution < -0.4 is 0 Å². The van der Waals surface area contributed by atoms with Crippen LogP contribution in [-0.4, -0.2) is 41.4 Å². The number of allylic oxidation sites excluding steroid dienone is 1. The molecule has 0 N–H and O–H groups in total. The Hall–Kier alpha value is -1.11. The van der Waals surface area contributed by atoms with Gasteiger partial charge < -0.3 is 18.6 Å². The molecule has 0 amide bonds. The molecule has 2 unspecified atom stereocenters. The number of hydrogen-bond donors (Lipinski definition) is 0. The molecule has 0 spiro atoms. The lowest BCUT2D eigenvalue weighted by Gasteiger charge is -2.42. The Morgan fingerprint density at radius 1 is 1.26 bits per heavy atom. The van der Waals surface area contributed by atoms with Gasteiger partial charge in [-0.1, -0.05) is 5.57 Å². The first-order valence-electron chi connectivity index (χ1n) is 8.09. The van der Waals surface area contributed by atoms with E-state index in [1.165, 1.54) is 7.11 Å². The molecule has 130 valence electrons. The Morgan fingerprint density at radius 2 is 1.96 bits per heavy atom. The van der Waals surface area contributed by atoms with Crippen molar-refractivity contribution in [2.75, 3.05) is 21.3 Å². The van der Waals surface area contributed by atoms with Gasteiger partial charge in [0.05, 0.1) is 14.2 Å². The van der Waals surface area contributed by atoms with E-state index in [1.54, 1.807) is 14.2 Å². The van der Waals surface area contributed by atoms with Gasteiger partial charge in [0.15, 0.2) is 14.1 Å². The summed E-state index contributed by atoms with van der Waals surface area (Å²) in [6.07, 6.45) is 5.19. The number of carbonyl (C=O) groups excluding carboxylic acids is 1. The highest BCUT2D eigenvalue weighted by atomic mass is 28.4. The fourth-order valence-corrected chi connectivity index (χ4v) is 4.93. The van der Waals surface area contributed by atoms with Crippen molar-refractivity contribution in [2.45, 2.75) is 51.1 Å². The molecule has 0 bridgehead atoms. The summed E-state index contributed by atoms with van der Waals surface area (Å²) >= 11 is 0. The third kappa shape index (κ3) is 3.39. The highest BCUT2D eigenvalue weighted by Crippen LogP contribution is 2.49. The topological polar surface area (TPSA) is 54.0 Å².